The molecule has 230 valence electrons. The number of allylic oxidation sites excluding steroid dienone is 1. The monoisotopic (exact) mass is 601 g/mol. The van der Waals surface area contributed by atoms with Crippen LogP contribution in [-0.4, -0.2) is 99.7 Å². The molecule has 2 aliphatic rings. The van der Waals surface area contributed by atoms with Crippen molar-refractivity contribution in [3.05, 3.63) is 47.8 Å². The van der Waals surface area contributed by atoms with Crippen molar-refractivity contribution in [2.75, 3.05) is 63.1 Å². The maximum Gasteiger partial charge on any atom is 0.417 e. The Morgan fingerprint density at radius 3 is 2.65 bits per heavy atom. The first kappa shape index (κ1) is 30.2. The molecule has 0 aromatic carbocycles. The molecule has 0 unspecified atom stereocenters. The average molecular weight is 602 g/mol. The molecule has 0 aliphatic carbocycles. The first-order valence-corrected chi connectivity index (χ1v) is 14.0. The predicted octanol–water partition coefficient (Wildman–Crippen LogP) is 1.95. The summed E-state index contributed by atoms with van der Waals surface area (Å²) < 4.78 is 49.1. The summed E-state index contributed by atoms with van der Waals surface area (Å²) in [5.41, 5.74) is 5.93. The molecule has 2 fully saturated rings. The quantitative estimate of drug-likeness (QED) is 0.390. The van der Waals surface area contributed by atoms with Crippen molar-refractivity contribution in [1.29, 1.82) is 0 Å². The Labute approximate surface area is 246 Å². The molecule has 0 bridgehead atoms. The van der Waals surface area contributed by atoms with Crippen LogP contribution < -0.4 is 16.0 Å². The van der Waals surface area contributed by atoms with Gasteiger partial charge in [0.25, 0.3) is 0 Å². The number of ether oxygens (including phenoxy) is 1. The lowest BCUT2D eigenvalue weighted by Crippen LogP contribution is -2.50. The first-order valence-electron chi connectivity index (χ1n) is 14.0. The summed E-state index contributed by atoms with van der Waals surface area (Å²) in [4.78, 5) is 38.6. The molecule has 3 N–H and O–H groups in total. The molecule has 15 heteroatoms. The molecule has 2 saturated heterocycles. The number of nitrogens with one attached hydrogen (secondary N) is 1. The Morgan fingerprint density at radius 1 is 1.19 bits per heavy atom. The zero-order valence-corrected chi connectivity index (χ0v) is 24.0. The van der Waals surface area contributed by atoms with Gasteiger partial charge in [0.15, 0.2) is 11.6 Å². The molecular formula is C28H34F3N9O3. The fourth-order valence-corrected chi connectivity index (χ4v) is 5.27. The highest BCUT2D eigenvalue weighted by atomic mass is 19.4. The highest BCUT2D eigenvalue weighted by Crippen LogP contribution is 2.37. The molecule has 1 atom stereocenters. The zero-order valence-electron chi connectivity index (χ0n) is 24.0. The second kappa shape index (κ2) is 12.6. The number of carbonyl (C=O) groups excluding carboxylic acids is 2. The van der Waals surface area contributed by atoms with Crippen molar-refractivity contribution in [2.45, 2.75) is 32.6 Å². The van der Waals surface area contributed by atoms with Crippen molar-refractivity contribution < 1.29 is 27.5 Å². The number of halogens is 3. The minimum atomic E-state index is -4.68. The van der Waals surface area contributed by atoms with Crippen LogP contribution in [-0.2, 0) is 27.0 Å². The van der Waals surface area contributed by atoms with Crippen LogP contribution in [0.2, 0.25) is 0 Å². The van der Waals surface area contributed by atoms with E-state index < -0.39 is 11.7 Å². The van der Waals surface area contributed by atoms with Crippen molar-refractivity contribution in [3.63, 3.8) is 0 Å². The summed E-state index contributed by atoms with van der Waals surface area (Å²) in [7, 11) is 0. The van der Waals surface area contributed by atoms with E-state index in [1.54, 1.807) is 28.6 Å². The summed E-state index contributed by atoms with van der Waals surface area (Å²) in [6.45, 7) is 7.89. The van der Waals surface area contributed by atoms with E-state index in [4.69, 9.17) is 10.5 Å². The van der Waals surface area contributed by atoms with Crippen LogP contribution in [0.15, 0.2) is 36.7 Å². The molecule has 0 radical (unpaired) electrons. The second-order valence-corrected chi connectivity index (χ2v) is 10.6. The molecule has 2 amide bonds. The molecule has 0 spiro atoms. The number of amides is 2. The van der Waals surface area contributed by atoms with E-state index in [1.165, 1.54) is 6.08 Å². The fourth-order valence-electron chi connectivity index (χ4n) is 5.27. The normalized spacial score (nSPS) is 18.5. The fraction of sp³-hybridized carbons (Fsp3) is 0.464. The topological polar surface area (TPSA) is 134 Å². The number of nitrogen functional groups attached to an aromatic ring is 1. The Morgan fingerprint density at radius 2 is 1.95 bits per heavy atom. The maximum absolute atomic E-state index is 14.0. The predicted molar refractivity (Wildman–Crippen MR) is 153 cm³/mol. The second-order valence-electron chi connectivity index (χ2n) is 10.6. The number of piperazine rings is 1. The number of nitrogens with two attached hydrogens (primary N) is 1. The third-order valence-corrected chi connectivity index (χ3v) is 7.47. The van der Waals surface area contributed by atoms with Gasteiger partial charge in [-0.1, -0.05) is 6.08 Å². The molecule has 43 heavy (non-hydrogen) atoms. The largest absolute Gasteiger partial charge is 0.417 e. The molecular weight excluding hydrogens is 567 g/mol. The van der Waals surface area contributed by atoms with Crippen molar-refractivity contribution in [2.24, 2.45) is 0 Å². The lowest BCUT2D eigenvalue weighted by Gasteiger charge is -2.34. The van der Waals surface area contributed by atoms with Crippen LogP contribution >= 0.6 is 0 Å². The number of rotatable bonds is 7. The number of pyridine rings is 1. The molecule has 3 aromatic heterocycles. The summed E-state index contributed by atoms with van der Waals surface area (Å²) in [6, 6.07) is 2.68. The van der Waals surface area contributed by atoms with Crippen LogP contribution in [0.4, 0.5) is 24.8 Å². The number of carbonyl (C=O) groups is 2. The van der Waals surface area contributed by atoms with E-state index in [0.29, 0.717) is 63.8 Å². The SMILES string of the molecule is C/C=C/C(=O)NCC(=O)N1CCN(Cc2cc3c(N4CCOC[C@@H]4C)nc(-c4cnc(N)cc4C(F)(F)F)nn3c2)CC1. The number of morpholine rings is 1. The molecule has 3 aromatic rings. The third-order valence-electron chi connectivity index (χ3n) is 7.47. The smallest absolute Gasteiger partial charge is 0.384 e. The number of hydrogen-bond donors (Lipinski definition) is 2. The van der Waals surface area contributed by atoms with Crippen molar-refractivity contribution >= 4 is 29.0 Å². The molecule has 2 aliphatic heterocycles. The van der Waals surface area contributed by atoms with Crippen molar-refractivity contribution in [1.82, 2.24) is 34.7 Å². The van der Waals surface area contributed by atoms with Gasteiger partial charge >= 0.3 is 6.18 Å². The van der Waals surface area contributed by atoms with Gasteiger partial charge in [0.2, 0.25) is 11.8 Å². The van der Waals surface area contributed by atoms with E-state index in [2.05, 4.69) is 25.3 Å². The van der Waals surface area contributed by atoms with Gasteiger partial charge in [0.1, 0.15) is 11.3 Å². The summed E-state index contributed by atoms with van der Waals surface area (Å²) in [5, 5.41) is 7.06. The number of nitrogens with zero attached hydrogens (tertiary/aromatic N) is 7. The third kappa shape index (κ3) is 6.88. The van der Waals surface area contributed by atoms with Crippen LogP contribution in [0.5, 0.6) is 0 Å². The number of hydrogen-bond acceptors (Lipinski definition) is 9. The Hall–Kier alpha value is -4.24. The zero-order chi connectivity index (χ0) is 30.7. The van der Waals surface area contributed by atoms with Gasteiger partial charge in [-0.25, -0.2) is 14.5 Å². The Kier molecular flexibility index (Phi) is 8.82. The molecule has 5 rings (SSSR count). The van der Waals surface area contributed by atoms with Gasteiger partial charge in [-0.3, -0.25) is 14.5 Å². The number of aromatic nitrogens is 4. The lowest BCUT2D eigenvalue weighted by molar-refractivity contribution is -0.137. The van der Waals surface area contributed by atoms with Gasteiger partial charge in [-0.2, -0.15) is 13.2 Å². The number of anilines is 2. The van der Waals surface area contributed by atoms with Crippen LogP contribution in [0.3, 0.4) is 0 Å². The van der Waals surface area contributed by atoms with Crippen molar-refractivity contribution in [3.8, 4) is 11.4 Å². The van der Waals surface area contributed by atoms with Gasteiger partial charge in [0, 0.05) is 51.7 Å². The molecule has 0 saturated carbocycles. The number of alkyl halides is 3. The average Bonchev–Trinajstić information content (AvgIpc) is 3.38. The van der Waals surface area contributed by atoms with Gasteiger partial charge in [-0.05, 0) is 37.6 Å². The van der Waals surface area contributed by atoms with E-state index >= 15 is 0 Å². The van der Waals surface area contributed by atoms with E-state index in [1.807, 2.05) is 17.9 Å². The van der Waals surface area contributed by atoms with Gasteiger partial charge in [0.05, 0.1) is 36.9 Å². The summed E-state index contributed by atoms with van der Waals surface area (Å²) in [5.74, 6) is -0.309. The van der Waals surface area contributed by atoms with E-state index in [-0.39, 0.29) is 41.6 Å². The van der Waals surface area contributed by atoms with Crippen LogP contribution in [0, 0.1) is 0 Å². The lowest BCUT2D eigenvalue weighted by atomic mass is 10.1. The van der Waals surface area contributed by atoms with E-state index in [0.717, 1.165) is 17.8 Å². The van der Waals surface area contributed by atoms with Gasteiger partial charge in [-0.15, -0.1) is 5.10 Å². The molecule has 12 nitrogen and oxygen atoms in total. The standard InChI is InChI=1S/C28H34F3N9O3/c1-3-4-24(41)34-14-25(42)38-7-5-37(6-8-38)15-19-11-22-27(39-9-10-43-17-18(39)2)35-26(36-40(22)16-19)20-13-33-23(32)12-21(20)28(29,30)31/h3-4,11-13,16,18H,5-10,14-15,17H2,1-2H3,(H2,32,33)(H,34,41)/b4-3+/t18-/m0/s1. The van der Waals surface area contributed by atoms with Crippen LogP contribution in [0.1, 0.15) is 25.0 Å². The summed E-state index contributed by atoms with van der Waals surface area (Å²) in [6.07, 6.45) is 1.15. The number of fused-ring (bicyclic) bond motifs is 1. The Balaban J connectivity index is 1.39. The first-order chi connectivity index (χ1) is 20.5. The molecule has 5 heterocycles. The maximum atomic E-state index is 14.0. The minimum absolute atomic E-state index is 0.0568. The highest BCUT2D eigenvalue weighted by molar-refractivity contribution is 5.91. The van der Waals surface area contributed by atoms with Crippen LogP contribution in [0.25, 0.3) is 16.9 Å². The minimum Gasteiger partial charge on any atom is -0.384 e. The van der Waals surface area contributed by atoms with Gasteiger partial charge < -0.3 is 25.6 Å². The highest BCUT2D eigenvalue weighted by Gasteiger charge is 2.36. The van der Waals surface area contributed by atoms with E-state index in [9.17, 15) is 22.8 Å². The summed E-state index contributed by atoms with van der Waals surface area (Å²) >= 11 is 0. The Bertz CT molecular complexity index is 1520.